The zero-order valence-electron chi connectivity index (χ0n) is 10.6. The molecule has 0 aliphatic carbocycles. The molecule has 2 aromatic rings. The van der Waals surface area contributed by atoms with Gasteiger partial charge in [-0.3, -0.25) is 9.36 Å². The Bertz CT molecular complexity index is 652. The Labute approximate surface area is 120 Å². The quantitative estimate of drug-likeness (QED) is 0.643. The van der Waals surface area contributed by atoms with Crippen LogP contribution in [0.3, 0.4) is 0 Å². The Morgan fingerprint density at radius 2 is 2.16 bits per heavy atom. The second-order valence-electron chi connectivity index (χ2n) is 4.41. The number of hydrogen-bond acceptors (Lipinski definition) is 4. The SMILES string of the molecule is Cn1c(SCc2ccccc2)nc2c(c1=O)SCC2. The third-order valence-electron chi connectivity index (χ3n) is 3.07. The van der Waals surface area contributed by atoms with Crippen molar-refractivity contribution in [2.24, 2.45) is 7.05 Å². The van der Waals surface area contributed by atoms with E-state index < -0.39 is 0 Å². The molecule has 0 N–H and O–H groups in total. The Balaban J connectivity index is 1.86. The fourth-order valence-electron chi connectivity index (χ4n) is 2.02. The molecule has 0 saturated carbocycles. The number of nitrogens with zero attached hydrogens (tertiary/aromatic N) is 2. The van der Waals surface area contributed by atoms with Gasteiger partial charge < -0.3 is 0 Å². The summed E-state index contributed by atoms with van der Waals surface area (Å²) in [5.41, 5.74) is 2.32. The number of aryl methyl sites for hydroxylation is 1. The van der Waals surface area contributed by atoms with Crippen molar-refractivity contribution < 1.29 is 0 Å². The van der Waals surface area contributed by atoms with Gasteiger partial charge in [-0.25, -0.2) is 4.98 Å². The van der Waals surface area contributed by atoms with Gasteiger partial charge in [-0.1, -0.05) is 42.1 Å². The van der Waals surface area contributed by atoms with Crippen molar-refractivity contribution in [1.82, 2.24) is 9.55 Å². The second-order valence-corrected chi connectivity index (χ2v) is 6.45. The first-order valence-corrected chi connectivity index (χ1v) is 8.12. The summed E-state index contributed by atoms with van der Waals surface area (Å²) >= 11 is 3.25. The molecule has 19 heavy (non-hydrogen) atoms. The summed E-state index contributed by atoms with van der Waals surface area (Å²) < 4.78 is 1.67. The van der Waals surface area contributed by atoms with E-state index in [0.717, 1.165) is 33.7 Å². The summed E-state index contributed by atoms with van der Waals surface area (Å²) in [6.07, 6.45) is 0.912. The van der Waals surface area contributed by atoms with Crippen molar-refractivity contribution in [3.05, 3.63) is 51.9 Å². The van der Waals surface area contributed by atoms with Crippen LogP contribution in [-0.2, 0) is 19.2 Å². The second kappa shape index (κ2) is 5.43. The number of aromatic nitrogens is 2. The Hall–Kier alpha value is -1.20. The monoisotopic (exact) mass is 290 g/mol. The molecule has 0 atom stereocenters. The van der Waals surface area contributed by atoms with Gasteiger partial charge in [0.05, 0.1) is 10.6 Å². The van der Waals surface area contributed by atoms with Gasteiger partial charge in [-0.05, 0) is 5.56 Å². The fourth-order valence-corrected chi connectivity index (χ4v) is 4.03. The summed E-state index contributed by atoms with van der Waals surface area (Å²) in [7, 11) is 1.81. The van der Waals surface area contributed by atoms with E-state index in [-0.39, 0.29) is 5.56 Å². The predicted octanol–water partition coefficient (Wildman–Crippen LogP) is 2.72. The van der Waals surface area contributed by atoms with E-state index in [1.165, 1.54) is 5.56 Å². The van der Waals surface area contributed by atoms with Crippen LogP contribution in [0.25, 0.3) is 0 Å². The third-order valence-corrected chi connectivity index (χ3v) is 5.28. The van der Waals surface area contributed by atoms with E-state index in [0.29, 0.717) is 0 Å². The molecular weight excluding hydrogens is 276 g/mol. The van der Waals surface area contributed by atoms with E-state index in [1.54, 1.807) is 28.1 Å². The van der Waals surface area contributed by atoms with Crippen LogP contribution in [0.1, 0.15) is 11.3 Å². The maximum absolute atomic E-state index is 12.2. The van der Waals surface area contributed by atoms with Crippen molar-refractivity contribution in [1.29, 1.82) is 0 Å². The number of hydrogen-bond donors (Lipinski definition) is 0. The van der Waals surface area contributed by atoms with Crippen LogP contribution >= 0.6 is 23.5 Å². The molecule has 5 heteroatoms. The molecule has 1 aromatic heterocycles. The molecule has 0 fully saturated rings. The highest BCUT2D eigenvalue weighted by atomic mass is 32.2. The third kappa shape index (κ3) is 2.58. The van der Waals surface area contributed by atoms with Crippen LogP contribution in [0, 0.1) is 0 Å². The lowest BCUT2D eigenvalue weighted by Crippen LogP contribution is -2.22. The van der Waals surface area contributed by atoms with Crippen LogP contribution in [0.5, 0.6) is 0 Å². The fraction of sp³-hybridized carbons (Fsp3) is 0.286. The lowest BCUT2D eigenvalue weighted by molar-refractivity contribution is 0.669. The average Bonchev–Trinajstić information content (AvgIpc) is 2.91. The molecule has 3 rings (SSSR count). The zero-order chi connectivity index (χ0) is 13.2. The van der Waals surface area contributed by atoms with Crippen molar-refractivity contribution in [3.63, 3.8) is 0 Å². The number of benzene rings is 1. The molecule has 0 unspecified atom stereocenters. The highest BCUT2D eigenvalue weighted by Crippen LogP contribution is 2.29. The molecule has 0 amide bonds. The minimum Gasteiger partial charge on any atom is -0.290 e. The van der Waals surface area contributed by atoms with Crippen molar-refractivity contribution >= 4 is 23.5 Å². The molecular formula is C14H14N2OS2. The largest absolute Gasteiger partial charge is 0.290 e. The van der Waals surface area contributed by atoms with Crippen LogP contribution in [0.15, 0.2) is 45.2 Å². The average molecular weight is 290 g/mol. The Morgan fingerprint density at radius 3 is 2.95 bits per heavy atom. The molecule has 98 valence electrons. The number of thioether (sulfide) groups is 2. The topological polar surface area (TPSA) is 34.9 Å². The van der Waals surface area contributed by atoms with E-state index in [9.17, 15) is 4.79 Å². The standard InChI is InChI=1S/C14H14N2OS2/c1-16-13(17)12-11(7-8-18-12)15-14(16)19-9-10-5-3-2-4-6-10/h2-6H,7-9H2,1H3. The van der Waals surface area contributed by atoms with Crippen LogP contribution in [0.2, 0.25) is 0 Å². The van der Waals surface area contributed by atoms with Gasteiger partial charge in [-0.2, -0.15) is 0 Å². The Kier molecular flexibility index (Phi) is 3.66. The van der Waals surface area contributed by atoms with Crippen molar-refractivity contribution in [3.8, 4) is 0 Å². The first-order chi connectivity index (χ1) is 9.25. The van der Waals surface area contributed by atoms with Gasteiger partial charge in [0.2, 0.25) is 0 Å². The van der Waals surface area contributed by atoms with Crippen molar-refractivity contribution in [2.45, 2.75) is 22.2 Å². The Morgan fingerprint density at radius 1 is 1.37 bits per heavy atom. The summed E-state index contributed by atoms with van der Waals surface area (Å²) in [4.78, 5) is 17.7. The van der Waals surface area contributed by atoms with Crippen LogP contribution < -0.4 is 5.56 Å². The lowest BCUT2D eigenvalue weighted by Gasteiger charge is -2.09. The molecule has 0 radical (unpaired) electrons. The maximum Gasteiger partial charge on any atom is 0.267 e. The summed E-state index contributed by atoms with van der Waals surface area (Å²) in [6.45, 7) is 0. The minimum absolute atomic E-state index is 0.100. The molecule has 1 aliphatic heterocycles. The van der Waals surface area contributed by atoms with Gasteiger partial charge in [0.15, 0.2) is 5.16 Å². The van der Waals surface area contributed by atoms with Gasteiger partial charge in [0.25, 0.3) is 5.56 Å². The molecule has 0 spiro atoms. The molecule has 0 bridgehead atoms. The van der Waals surface area contributed by atoms with E-state index in [2.05, 4.69) is 17.1 Å². The first-order valence-electron chi connectivity index (χ1n) is 6.15. The van der Waals surface area contributed by atoms with Gasteiger partial charge >= 0.3 is 0 Å². The van der Waals surface area contributed by atoms with Gasteiger partial charge in [-0.15, -0.1) is 11.8 Å². The number of rotatable bonds is 3. The van der Waals surface area contributed by atoms with E-state index >= 15 is 0 Å². The lowest BCUT2D eigenvalue weighted by atomic mass is 10.2. The number of fused-ring (bicyclic) bond motifs is 1. The minimum atomic E-state index is 0.100. The summed E-state index contributed by atoms with van der Waals surface area (Å²) in [6, 6.07) is 10.3. The molecule has 0 saturated heterocycles. The van der Waals surface area contributed by atoms with E-state index in [4.69, 9.17) is 0 Å². The first kappa shape index (κ1) is 12.8. The van der Waals surface area contributed by atoms with Crippen LogP contribution in [-0.4, -0.2) is 15.3 Å². The predicted molar refractivity (Wildman–Crippen MR) is 79.9 cm³/mol. The molecule has 2 heterocycles. The molecule has 1 aromatic carbocycles. The highest BCUT2D eigenvalue weighted by Gasteiger charge is 2.20. The van der Waals surface area contributed by atoms with E-state index in [1.807, 2.05) is 25.2 Å². The smallest absolute Gasteiger partial charge is 0.267 e. The summed E-state index contributed by atoms with van der Waals surface area (Å²) in [5, 5.41) is 0.815. The molecule has 3 nitrogen and oxygen atoms in total. The van der Waals surface area contributed by atoms with Crippen molar-refractivity contribution in [2.75, 3.05) is 5.75 Å². The van der Waals surface area contributed by atoms with Crippen LogP contribution in [0.4, 0.5) is 0 Å². The highest BCUT2D eigenvalue weighted by molar-refractivity contribution is 7.99. The summed E-state index contributed by atoms with van der Waals surface area (Å²) in [5.74, 6) is 1.82. The maximum atomic E-state index is 12.2. The normalized spacial score (nSPS) is 13.5. The zero-order valence-corrected chi connectivity index (χ0v) is 12.3. The van der Waals surface area contributed by atoms with Gasteiger partial charge in [0, 0.05) is 25.0 Å². The van der Waals surface area contributed by atoms with Gasteiger partial charge in [0.1, 0.15) is 0 Å². The molecule has 1 aliphatic rings.